The topological polar surface area (TPSA) is 59.2 Å². The number of rotatable bonds is 3. The van der Waals surface area contributed by atoms with Crippen LogP contribution < -0.4 is 10.1 Å². The zero-order valence-electron chi connectivity index (χ0n) is 11.1. The Hall–Kier alpha value is -1.92. The maximum absolute atomic E-state index is 13.7. The maximum atomic E-state index is 13.7. The Labute approximate surface area is 116 Å². The lowest BCUT2D eigenvalue weighted by atomic mass is 10.1. The first kappa shape index (κ1) is 13.1. The van der Waals surface area contributed by atoms with Crippen LogP contribution in [-0.4, -0.2) is 36.8 Å². The molecule has 1 aromatic heterocycles. The van der Waals surface area contributed by atoms with E-state index >= 15 is 0 Å². The number of morpholine rings is 1. The minimum Gasteiger partial charge on any atom is -0.494 e. The van der Waals surface area contributed by atoms with Crippen molar-refractivity contribution in [3.05, 3.63) is 36.0 Å². The number of methoxy groups -OCH3 is 1. The van der Waals surface area contributed by atoms with Gasteiger partial charge in [0.1, 0.15) is 5.82 Å². The van der Waals surface area contributed by atoms with Crippen LogP contribution in [0.5, 0.6) is 5.75 Å². The van der Waals surface area contributed by atoms with Crippen LogP contribution >= 0.6 is 0 Å². The highest BCUT2D eigenvalue weighted by molar-refractivity contribution is 5.60. The molecule has 1 saturated heterocycles. The molecule has 1 aromatic carbocycles. The number of H-pyrrole nitrogens is 1. The molecule has 3 rings (SSSR count). The van der Waals surface area contributed by atoms with Crippen LogP contribution in [0.15, 0.2) is 24.4 Å². The van der Waals surface area contributed by atoms with Gasteiger partial charge in [0.15, 0.2) is 11.6 Å². The van der Waals surface area contributed by atoms with E-state index in [4.69, 9.17) is 9.47 Å². The number of hydrogen-bond donors (Lipinski definition) is 2. The first-order chi connectivity index (χ1) is 9.78. The number of ether oxygens (including phenoxy) is 2. The summed E-state index contributed by atoms with van der Waals surface area (Å²) in [7, 11) is 1.45. The second-order valence-electron chi connectivity index (χ2n) is 4.61. The van der Waals surface area contributed by atoms with Gasteiger partial charge in [-0.05, 0) is 18.2 Å². The molecule has 1 aliphatic heterocycles. The monoisotopic (exact) mass is 277 g/mol. The van der Waals surface area contributed by atoms with E-state index < -0.39 is 0 Å². The average Bonchev–Trinajstić information content (AvgIpc) is 2.98. The molecule has 1 unspecified atom stereocenters. The average molecular weight is 277 g/mol. The lowest BCUT2D eigenvalue weighted by molar-refractivity contribution is 0.0745. The zero-order valence-corrected chi connectivity index (χ0v) is 11.1. The first-order valence-corrected chi connectivity index (χ1v) is 6.48. The third kappa shape index (κ3) is 2.52. The van der Waals surface area contributed by atoms with E-state index in [2.05, 4.69) is 15.3 Å². The lowest BCUT2D eigenvalue weighted by Crippen LogP contribution is -2.35. The van der Waals surface area contributed by atoms with Crippen LogP contribution in [0.2, 0.25) is 0 Å². The van der Waals surface area contributed by atoms with Gasteiger partial charge in [-0.15, -0.1) is 0 Å². The van der Waals surface area contributed by atoms with E-state index in [0.29, 0.717) is 13.2 Å². The van der Waals surface area contributed by atoms with Crippen molar-refractivity contribution < 1.29 is 13.9 Å². The second kappa shape index (κ2) is 5.60. The van der Waals surface area contributed by atoms with Crippen LogP contribution in [0.1, 0.15) is 11.9 Å². The Balaban J connectivity index is 1.84. The van der Waals surface area contributed by atoms with E-state index in [1.807, 2.05) is 0 Å². The van der Waals surface area contributed by atoms with Gasteiger partial charge in [-0.25, -0.2) is 9.37 Å². The molecule has 1 aliphatic rings. The second-order valence-corrected chi connectivity index (χ2v) is 4.61. The van der Waals surface area contributed by atoms with Crippen molar-refractivity contribution in [2.75, 3.05) is 26.9 Å². The van der Waals surface area contributed by atoms with E-state index in [-0.39, 0.29) is 17.6 Å². The van der Waals surface area contributed by atoms with Crippen LogP contribution in [0, 0.1) is 5.82 Å². The minimum atomic E-state index is -0.389. The SMILES string of the molecule is COc1ccc(-c2cnc(C3COCCN3)[nH]2)cc1F. The van der Waals surface area contributed by atoms with Gasteiger partial charge < -0.3 is 19.8 Å². The van der Waals surface area contributed by atoms with Gasteiger partial charge in [0.2, 0.25) is 0 Å². The summed E-state index contributed by atoms with van der Waals surface area (Å²) in [5.41, 5.74) is 1.51. The summed E-state index contributed by atoms with van der Waals surface area (Å²) in [5, 5.41) is 3.32. The highest BCUT2D eigenvalue weighted by Gasteiger charge is 2.18. The number of nitrogens with zero attached hydrogens (tertiary/aromatic N) is 1. The van der Waals surface area contributed by atoms with E-state index in [1.165, 1.54) is 13.2 Å². The van der Waals surface area contributed by atoms with Crippen molar-refractivity contribution in [3.8, 4) is 17.0 Å². The molecule has 2 heterocycles. The first-order valence-electron chi connectivity index (χ1n) is 6.48. The Morgan fingerprint density at radius 3 is 3.05 bits per heavy atom. The van der Waals surface area contributed by atoms with Crippen LogP contribution in [0.3, 0.4) is 0 Å². The summed E-state index contributed by atoms with van der Waals surface area (Å²) in [6, 6.07) is 4.89. The van der Waals surface area contributed by atoms with Gasteiger partial charge in [-0.2, -0.15) is 0 Å². The van der Waals surface area contributed by atoms with Crippen LogP contribution in [-0.2, 0) is 4.74 Å². The summed E-state index contributed by atoms with van der Waals surface area (Å²) >= 11 is 0. The molecule has 0 saturated carbocycles. The fourth-order valence-corrected chi connectivity index (χ4v) is 2.24. The predicted molar refractivity (Wildman–Crippen MR) is 72.1 cm³/mol. The predicted octanol–water partition coefficient (Wildman–Crippen LogP) is 1.89. The standard InChI is InChI=1S/C14H16FN3O2/c1-19-13-3-2-9(6-10(13)15)11-7-17-14(18-11)12-8-20-5-4-16-12/h2-3,6-7,12,16H,4-5,8H2,1H3,(H,17,18). The summed E-state index contributed by atoms with van der Waals surface area (Å²) in [6.07, 6.45) is 1.70. The zero-order chi connectivity index (χ0) is 13.9. The molecular formula is C14H16FN3O2. The largest absolute Gasteiger partial charge is 0.494 e. The summed E-state index contributed by atoms with van der Waals surface area (Å²) < 4.78 is 24.0. The number of halogens is 1. The molecule has 1 atom stereocenters. The molecule has 0 amide bonds. The van der Waals surface area contributed by atoms with E-state index in [9.17, 15) is 4.39 Å². The summed E-state index contributed by atoms with van der Waals surface area (Å²) in [5.74, 6) is 0.645. The number of benzene rings is 1. The highest BCUT2D eigenvalue weighted by atomic mass is 19.1. The van der Waals surface area contributed by atoms with Crippen molar-refractivity contribution in [1.29, 1.82) is 0 Å². The number of aromatic amines is 1. The molecule has 106 valence electrons. The molecule has 0 radical (unpaired) electrons. The van der Waals surface area contributed by atoms with Crippen molar-refractivity contribution in [3.63, 3.8) is 0 Å². The fourth-order valence-electron chi connectivity index (χ4n) is 2.24. The normalized spacial score (nSPS) is 19.0. The van der Waals surface area contributed by atoms with Gasteiger partial charge in [-0.1, -0.05) is 0 Å². The molecular weight excluding hydrogens is 261 g/mol. The van der Waals surface area contributed by atoms with Gasteiger partial charge in [0.25, 0.3) is 0 Å². The number of imidazole rings is 1. The maximum Gasteiger partial charge on any atom is 0.165 e. The Morgan fingerprint density at radius 2 is 2.35 bits per heavy atom. The lowest BCUT2D eigenvalue weighted by Gasteiger charge is -2.21. The Morgan fingerprint density at radius 1 is 1.45 bits per heavy atom. The third-order valence-corrected chi connectivity index (χ3v) is 3.31. The summed E-state index contributed by atoms with van der Waals surface area (Å²) in [6.45, 7) is 2.11. The molecule has 5 nitrogen and oxygen atoms in total. The van der Waals surface area contributed by atoms with Gasteiger partial charge in [0.05, 0.1) is 38.3 Å². The summed E-state index contributed by atoms with van der Waals surface area (Å²) in [4.78, 5) is 7.54. The number of aromatic nitrogens is 2. The third-order valence-electron chi connectivity index (χ3n) is 3.31. The molecule has 20 heavy (non-hydrogen) atoms. The quantitative estimate of drug-likeness (QED) is 0.899. The minimum absolute atomic E-state index is 0.0561. The van der Waals surface area contributed by atoms with Gasteiger partial charge >= 0.3 is 0 Å². The van der Waals surface area contributed by atoms with Gasteiger partial charge in [0, 0.05) is 12.1 Å². The Kier molecular flexibility index (Phi) is 3.66. The van der Waals surface area contributed by atoms with Crippen LogP contribution in [0.4, 0.5) is 4.39 Å². The highest BCUT2D eigenvalue weighted by Crippen LogP contribution is 2.25. The smallest absolute Gasteiger partial charge is 0.165 e. The molecule has 0 aliphatic carbocycles. The van der Waals surface area contributed by atoms with Crippen molar-refractivity contribution >= 4 is 0 Å². The van der Waals surface area contributed by atoms with E-state index in [0.717, 1.165) is 23.6 Å². The molecule has 2 N–H and O–H groups in total. The Bertz CT molecular complexity index is 594. The van der Waals surface area contributed by atoms with Gasteiger partial charge in [-0.3, -0.25) is 0 Å². The number of hydrogen-bond acceptors (Lipinski definition) is 4. The molecule has 0 bridgehead atoms. The molecule has 6 heteroatoms. The van der Waals surface area contributed by atoms with Crippen molar-refractivity contribution in [1.82, 2.24) is 15.3 Å². The van der Waals surface area contributed by atoms with Crippen molar-refractivity contribution in [2.45, 2.75) is 6.04 Å². The molecule has 0 spiro atoms. The van der Waals surface area contributed by atoms with E-state index in [1.54, 1.807) is 18.3 Å². The van der Waals surface area contributed by atoms with Crippen LogP contribution in [0.25, 0.3) is 11.3 Å². The van der Waals surface area contributed by atoms with Crippen molar-refractivity contribution in [2.24, 2.45) is 0 Å². The molecule has 1 fully saturated rings. The number of nitrogens with one attached hydrogen (secondary N) is 2. The fraction of sp³-hybridized carbons (Fsp3) is 0.357. The molecule has 2 aromatic rings.